The Bertz CT molecular complexity index is 1820. The van der Waals surface area contributed by atoms with Crippen molar-refractivity contribution in [2.24, 2.45) is 0 Å². The van der Waals surface area contributed by atoms with Gasteiger partial charge in [-0.25, -0.2) is 0 Å². The average molecular weight is 528 g/mol. The molecule has 3 radical (unpaired) electrons. The highest BCUT2D eigenvalue weighted by atomic mass is 28.1. The zero-order chi connectivity index (χ0) is 27.4. The largest absolute Gasteiger partial charge is 0.0715 e. The van der Waals surface area contributed by atoms with E-state index in [4.69, 9.17) is 0 Å². The summed E-state index contributed by atoms with van der Waals surface area (Å²) in [5, 5.41) is 1.16. The lowest BCUT2D eigenvalue weighted by atomic mass is 9.77. The molecule has 5 aromatic rings. The van der Waals surface area contributed by atoms with E-state index >= 15 is 0 Å². The molecule has 0 aliphatic heterocycles. The molecule has 5 aromatic carbocycles. The fourth-order valence-electron chi connectivity index (χ4n) is 7.02. The lowest BCUT2D eigenvalue weighted by molar-refractivity contribution is 0.887. The molecule has 0 N–H and O–H groups in total. The van der Waals surface area contributed by atoms with Crippen LogP contribution in [0.5, 0.6) is 0 Å². The second-order valence-electron chi connectivity index (χ2n) is 11.2. The quantitative estimate of drug-likeness (QED) is 0.204. The number of hydrogen-bond acceptors (Lipinski definition) is 0. The first kappa shape index (κ1) is 24.8. The van der Waals surface area contributed by atoms with Gasteiger partial charge in [0, 0.05) is 11.8 Å². The van der Waals surface area contributed by atoms with Gasteiger partial charge in [0.2, 0.25) is 0 Å². The van der Waals surface area contributed by atoms with Gasteiger partial charge < -0.3 is 0 Å². The summed E-state index contributed by atoms with van der Waals surface area (Å²) in [7, 11) is 3.96. The van der Waals surface area contributed by atoms with Crippen molar-refractivity contribution in [1.29, 1.82) is 0 Å². The Labute approximate surface area is 241 Å². The van der Waals surface area contributed by atoms with Gasteiger partial charge in [0.25, 0.3) is 0 Å². The summed E-state index contributed by atoms with van der Waals surface area (Å²) in [5.74, 6) is 0.452. The summed E-state index contributed by atoms with van der Waals surface area (Å²) in [6.45, 7) is 6.89. The standard InChI is InChI=1S/C39H31Si/c1-24-22-34-29(27-12-6-4-7-13-27)16-10-18-31(34)37(24)33-20-21-36(40)26(3)39(33)38-25(2)23-35-30(17-11-19-32(35)38)28-14-8-5-9-15-28/h4-23,37-38H,1-3H3. The zero-order valence-corrected chi connectivity index (χ0v) is 24.2. The van der Waals surface area contributed by atoms with Gasteiger partial charge in [0.15, 0.2) is 0 Å². The van der Waals surface area contributed by atoms with Crippen LogP contribution >= 0.6 is 0 Å². The molecule has 7 rings (SSSR count). The molecule has 0 heterocycles. The molecule has 2 atom stereocenters. The molecule has 0 saturated heterocycles. The van der Waals surface area contributed by atoms with Crippen LogP contribution in [0.15, 0.2) is 120 Å². The summed E-state index contributed by atoms with van der Waals surface area (Å²) in [6.07, 6.45) is 4.84. The van der Waals surface area contributed by atoms with Gasteiger partial charge in [-0.1, -0.05) is 138 Å². The van der Waals surface area contributed by atoms with Crippen LogP contribution in [0, 0.1) is 6.92 Å². The third-order valence-corrected chi connectivity index (χ3v) is 9.42. The lowest BCUT2D eigenvalue weighted by Crippen LogP contribution is -2.18. The van der Waals surface area contributed by atoms with Crippen LogP contribution in [0.25, 0.3) is 34.4 Å². The highest BCUT2D eigenvalue weighted by Gasteiger charge is 2.34. The minimum atomic E-state index is 0.221. The van der Waals surface area contributed by atoms with Gasteiger partial charge in [-0.05, 0) is 82.0 Å². The van der Waals surface area contributed by atoms with Crippen molar-refractivity contribution in [3.05, 3.63) is 159 Å². The smallest absolute Gasteiger partial charge is 0.0642 e. The first-order valence-electron chi connectivity index (χ1n) is 14.1. The van der Waals surface area contributed by atoms with Crippen LogP contribution in [0.4, 0.5) is 0 Å². The molecule has 2 aliphatic carbocycles. The molecule has 2 aliphatic rings. The van der Waals surface area contributed by atoms with E-state index in [0.717, 1.165) is 5.19 Å². The molecule has 0 bridgehead atoms. The van der Waals surface area contributed by atoms with Crippen molar-refractivity contribution in [2.75, 3.05) is 0 Å². The van der Waals surface area contributed by atoms with Gasteiger partial charge >= 0.3 is 0 Å². The number of rotatable bonds is 4. The van der Waals surface area contributed by atoms with Crippen LogP contribution in [0.2, 0.25) is 0 Å². The maximum absolute atomic E-state index is 3.96. The van der Waals surface area contributed by atoms with Crippen LogP contribution in [0.1, 0.15) is 64.6 Å². The maximum atomic E-state index is 3.96. The number of fused-ring (bicyclic) bond motifs is 2. The minimum Gasteiger partial charge on any atom is -0.0642 e. The van der Waals surface area contributed by atoms with E-state index in [1.165, 1.54) is 72.3 Å². The van der Waals surface area contributed by atoms with Gasteiger partial charge in [-0.15, -0.1) is 0 Å². The molecule has 0 aromatic heterocycles. The molecule has 0 nitrogen and oxygen atoms in total. The van der Waals surface area contributed by atoms with E-state index in [-0.39, 0.29) is 11.8 Å². The molecule has 0 spiro atoms. The number of benzene rings is 5. The molecule has 1 heteroatoms. The summed E-state index contributed by atoms with van der Waals surface area (Å²) < 4.78 is 0. The number of allylic oxidation sites excluding steroid dienone is 2. The van der Waals surface area contributed by atoms with E-state index in [0.29, 0.717) is 0 Å². The van der Waals surface area contributed by atoms with E-state index in [9.17, 15) is 0 Å². The van der Waals surface area contributed by atoms with E-state index in [1.807, 2.05) is 0 Å². The third kappa shape index (κ3) is 3.88. The van der Waals surface area contributed by atoms with E-state index in [2.05, 4.69) is 152 Å². The Kier molecular flexibility index (Phi) is 6.06. The Morgan fingerprint density at radius 3 is 1.52 bits per heavy atom. The molecule has 0 saturated carbocycles. The second kappa shape index (κ2) is 9.77. The van der Waals surface area contributed by atoms with Crippen molar-refractivity contribution in [3.8, 4) is 22.3 Å². The summed E-state index contributed by atoms with van der Waals surface area (Å²) in [6, 6.07) is 39.8. The van der Waals surface area contributed by atoms with Gasteiger partial charge in [-0.3, -0.25) is 0 Å². The fraction of sp³-hybridized carbons (Fsp3) is 0.128. The zero-order valence-electron chi connectivity index (χ0n) is 23.2. The van der Waals surface area contributed by atoms with Crippen LogP contribution in [0.3, 0.4) is 0 Å². The van der Waals surface area contributed by atoms with Crippen molar-refractivity contribution in [2.45, 2.75) is 32.6 Å². The molecular weight excluding hydrogens is 497 g/mol. The maximum Gasteiger partial charge on any atom is 0.0715 e. The summed E-state index contributed by atoms with van der Waals surface area (Å²) in [5.41, 5.74) is 17.6. The molecule has 0 amide bonds. The Hall–Kier alpha value is -4.20. The molecule has 191 valence electrons. The topological polar surface area (TPSA) is 0 Å². The van der Waals surface area contributed by atoms with Crippen LogP contribution in [-0.4, -0.2) is 10.2 Å². The van der Waals surface area contributed by atoms with E-state index < -0.39 is 0 Å². The Morgan fingerprint density at radius 2 is 0.975 bits per heavy atom. The van der Waals surface area contributed by atoms with Crippen molar-refractivity contribution in [3.63, 3.8) is 0 Å². The highest BCUT2D eigenvalue weighted by molar-refractivity contribution is 6.33. The lowest BCUT2D eigenvalue weighted by Gasteiger charge is -2.27. The first-order chi connectivity index (χ1) is 19.5. The van der Waals surface area contributed by atoms with Gasteiger partial charge in [-0.2, -0.15) is 0 Å². The van der Waals surface area contributed by atoms with Gasteiger partial charge in [0.05, 0.1) is 10.2 Å². The summed E-state index contributed by atoms with van der Waals surface area (Å²) in [4.78, 5) is 0. The molecule has 0 fully saturated rings. The first-order valence-corrected chi connectivity index (χ1v) is 14.6. The molecule has 40 heavy (non-hydrogen) atoms. The highest BCUT2D eigenvalue weighted by Crippen LogP contribution is 2.51. The predicted octanol–water partition coefficient (Wildman–Crippen LogP) is 9.22. The average Bonchev–Trinajstić information content (AvgIpc) is 3.50. The Balaban J connectivity index is 1.41. The van der Waals surface area contributed by atoms with Crippen LogP contribution in [-0.2, 0) is 0 Å². The third-order valence-electron chi connectivity index (χ3n) is 8.87. The van der Waals surface area contributed by atoms with Gasteiger partial charge in [0.1, 0.15) is 0 Å². The minimum absolute atomic E-state index is 0.221. The van der Waals surface area contributed by atoms with E-state index in [1.54, 1.807) is 0 Å². The van der Waals surface area contributed by atoms with Crippen LogP contribution < -0.4 is 5.19 Å². The fourth-order valence-corrected chi connectivity index (χ4v) is 7.24. The molecule has 2 unspecified atom stereocenters. The second-order valence-corrected chi connectivity index (χ2v) is 11.8. The predicted molar refractivity (Wildman–Crippen MR) is 171 cm³/mol. The SMILES string of the molecule is CC1=Cc2c(-c3ccccc3)cccc2C1c1ccc([Si])c(C)c1C1C(C)=Cc2c(-c3ccccc3)cccc21. The van der Waals surface area contributed by atoms with Crippen molar-refractivity contribution in [1.82, 2.24) is 0 Å². The van der Waals surface area contributed by atoms with Crippen molar-refractivity contribution < 1.29 is 0 Å². The monoisotopic (exact) mass is 527 g/mol. The number of hydrogen-bond donors (Lipinski definition) is 0. The Morgan fingerprint density at radius 1 is 0.475 bits per heavy atom. The summed E-state index contributed by atoms with van der Waals surface area (Å²) >= 11 is 0. The van der Waals surface area contributed by atoms with Crippen molar-refractivity contribution >= 4 is 27.6 Å². The molecular formula is C39H31Si. The normalized spacial score (nSPS) is 17.3.